The van der Waals surface area contributed by atoms with Crippen molar-refractivity contribution >= 4 is 11.6 Å². The highest BCUT2D eigenvalue weighted by atomic mass is 35.5. The van der Waals surface area contributed by atoms with Crippen LogP contribution in [-0.2, 0) is 6.42 Å². The van der Waals surface area contributed by atoms with E-state index < -0.39 is 0 Å². The summed E-state index contributed by atoms with van der Waals surface area (Å²) in [6.07, 6.45) is 0.691. The second-order valence-electron chi connectivity index (χ2n) is 3.40. The van der Waals surface area contributed by atoms with Crippen LogP contribution in [0.15, 0.2) is 18.2 Å². The lowest BCUT2D eigenvalue weighted by atomic mass is 10.1. The number of benzene rings is 1. The highest BCUT2D eigenvalue weighted by Gasteiger charge is 2.06. The molecule has 3 heteroatoms. The van der Waals surface area contributed by atoms with Gasteiger partial charge in [-0.3, -0.25) is 0 Å². The van der Waals surface area contributed by atoms with Crippen LogP contribution < -0.4 is 5.32 Å². The molecule has 1 unspecified atom stereocenters. The van der Waals surface area contributed by atoms with Crippen molar-refractivity contribution in [1.29, 1.82) is 0 Å². The Hall–Kier alpha value is -0.600. The van der Waals surface area contributed by atoms with Crippen LogP contribution in [0.25, 0.3) is 0 Å². The molecule has 0 aliphatic rings. The zero-order chi connectivity index (χ0) is 10.6. The summed E-state index contributed by atoms with van der Waals surface area (Å²) < 4.78 is 13.3. The molecule has 0 fully saturated rings. The molecule has 78 valence electrons. The maximum atomic E-state index is 13.3. The number of halogens is 2. The number of hydrogen-bond acceptors (Lipinski definition) is 1. The molecule has 1 nitrogen and oxygen atoms in total. The first-order valence-electron chi connectivity index (χ1n) is 4.80. The summed E-state index contributed by atoms with van der Waals surface area (Å²) >= 11 is 5.66. The second-order valence-corrected chi connectivity index (χ2v) is 3.84. The molecule has 0 saturated heterocycles. The van der Waals surface area contributed by atoms with Gasteiger partial charge in [0, 0.05) is 11.1 Å². The third-order valence-corrected chi connectivity index (χ3v) is 2.33. The molecular formula is C11H15ClFN. The quantitative estimate of drug-likeness (QED) is 0.814. The van der Waals surface area contributed by atoms with Crippen LogP contribution in [0.2, 0.25) is 5.02 Å². The zero-order valence-corrected chi connectivity index (χ0v) is 9.24. The van der Waals surface area contributed by atoms with Gasteiger partial charge in [0.15, 0.2) is 0 Å². The van der Waals surface area contributed by atoms with Crippen molar-refractivity contribution in [3.63, 3.8) is 0 Å². The van der Waals surface area contributed by atoms with Crippen LogP contribution >= 0.6 is 11.6 Å². The molecule has 0 aromatic heterocycles. The maximum Gasteiger partial charge on any atom is 0.127 e. The highest BCUT2D eigenvalue weighted by molar-refractivity contribution is 6.30. The van der Waals surface area contributed by atoms with E-state index in [1.165, 1.54) is 6.07 Å². The van der Waals surface area contributed by atoms with E-state index >= 15 is 0 Å². The predicted octanol–water partition coefficient (Wildman–Crippen LogP) is 3.02. The minimum absolute atomic E-state index is 0.220. The van der Waals surface area contributed by atoms with E-state index in [0.29, 0.717) is 17.0 Å². The lowest BCUT2D eigenvalue weighted by Gasteiger charge is -2.12. The van der Waals surface area contributed by atoms with Crippen molar-refractivity contribution < 1.29 is 4.39 Å². The zero-order valence-electron chi connectivity index (χ0n) is 8.48. The van der Waals surface area contributed by atoms with Gasteiger partial charge in [0.25, 0.3) is 0 Å². The molecule has 0 spiro atoms. The lowest BCUT2D eigenvalue weighted by Crippen LogP contribution is -2.27. The first-order chi connectivity index (χ1) is 6.63. The summed E-state index contributed by atoms with van der Waals surface area (Å²) in [4.78, 5) is 0. The molecule has 1 aromatic carbocycles. The molecule has 0 bridgehead atoms. The van der Waals surface area contributed by atoms with E-state index in [1.54, 1.807) is 12.1 Å². The number of rotatable bonds is 4. The number of likely N-dealkylation sites (N-methyl/N-ethyl adjacent to an activating group) is 1. The molecule has 1 N–H and O–H groups in total. The third-order valence-electron chi connectivity index (χ3n) is 2.09. The second kappa shape index (κ2) is 5.32. The molecule has 0 radical (unpaired) electrons. The summed E-state index contributed by atoms with van der Waals surface area (Å²) in [5.74, 6) is -0.220. The minimum Gasteiger partial charge on any atom is -0.314 e. The summed E-state index contributed by atoms with van der Waals surface area (Å²) in [5.41, 5.74) is 0.711. The average molecular weight is 216 g/mol. The molecule has 0 amide bonds. The summed E-state index contributed by atoms with van der Waals surface area (Å²) in [6, 6.07) is 5.11. The average Bonchev–Trinajstić information content (AvgIpc) is 2.10. The Morgan fingerprint density at radius 3 is 2.79 bits per heavy atom. The SMILES string of the molecule is CCNC(C)Cc1ccc(Cl)cc1F. The lowest BCUT2D eigenvalue weighted by molar-refractivity contribution is 0.540. The van der Waals surface area contributed by atoms with Crippen molar-refractivity contribution in [2.45, 2.75) is 26.3 Å². The minimum atomic E-state index is -0.220. The summed E-state index contributed by atoms with van der Waals surface area (Å²) in [6.45, 7) is 4.97. The molecule has 0 aliphatic carbocycles. The van der Waals surface area contributed by atoms with Crippen molar-refractivity contribution in [1.82, 2.24) is 5.32 Å². The van der Waals surface area contributed by atoms with Crippen molar-refractivity contribution in [2.75, 3.05) is 6.54 Å². The van der Waals surface area contributed by atoms with Gasteiger partial charge in [-0.05, 0) is 37.6 Å². The molecule has 1 aromatic rings. The standard InChI is InChI=1S/C11H15ClFN/c1-3-14-8(2)6-9-4-5-10(12)7-11(9)13/h4-5,7-8,14H,3,6H2,1-2H3. The summed E-state index contributed by atoms with van der Waals surface area (Å²) in [5, 5.41) is 3.68. The molecule has 1 atom stereocenters. The fourth-order valence-electron chi connectivity index (χ4n) is 1.44. The first-order valence-corrected chi connectivity index (χ1v) is 5.18. The largest absolute Gasteiger partial charge is 0.314 e. The molecule has 14 heavy (non-hydrogen) atoms. The van der Waals surface area contributed by atoms with Gasteiger partial charge in [-0.25, -0.2) is 4.39 Å². The van der Waals surface area contributed by atoms with Crippen LogP contribution in [0.4, 0.5) is 4.39 Å². The Bertz CT molecular complexity index is 301. The van der Waals surface area contributed by atoms with E-state index in [4.69, 9.17) is 11.6 Å². The molecule has 0 saturated carbocycles. The van der Waals surface area contributed by atoms with E-state index in [-0.39, 0.29) is 11.9 Å². The van der Waals surface area contributed by atoms with Gasteiger partial charge in [0.05, 0.1) is 0 Å². The van der Waals surface area contributed by atoms with Crippen molar-refractivity contribution in [3.8, 4) is 0 Å². The summed E-state index contributed by atoms with van der Waals surface area (Å²) in [7, 11) is 0. The molecule has 0 heterocycles. The van der Waals surface area contributed by atoms with Gasteiger partial charge in [0.1, 0.15) is 5.82 Å². The predicted molar refractivity (Wildman–Crippen MR) is 58.3 cm³/mol. The fraction of sp³-hybridized carbons (Fsp3) is 0.455. The molecular weight excluding hydrogens is 201 g/mol. The Balaban J connectivity index is 2.67. The number of nitrogens with one attached hydrogen (secondary N) is 1. The number of hydrogen-bond donors (Lipinski definition) is 1. The van der Waals surface area contributed by atoms with Gasteiger partial charge in [-0.15, -0.1) is 0 Å². The first kappa shape index (κ1) is 11.5. The van der Waals surface area contributed by atoms with Gasteiger partial charge in [-0.1, -0.05) is 24.6 Å². The Kier molecular flexibility index (Phi) is 4.36. The third kappa shape index (κ3) is 3.28. The maximum absolute atomic E-state index is 13.3. The molecule has 0 aliphatic heterocycles. The Morgan fingerprint density at radius 1 is 1.50 bits per heavy atom. The monoisotopic (exact) mass is 215 g/mol. The van der Waals surface area contributed by atoms with E-state index in [1.807, 2.05) is 13.8 Å². The van der Waals surface area contributed by atoms with E-state index in [9.17, 15) is 4.39 Å². The highest BCUT2D eigenvalue weighted by Crippen LogP contribution is 2.15. The fourth-order valence-corrected chi connectivity index (χ4v) is 1.60. The molecule has 1 rings (SSSR count). The van der Waals surface area contributed by atoms with Gasteiger partial charge >= 0.3 is 0 Å². The van der Waals surface area contributed by atoms with Crippen LogP contribution in [-0.4, -0.2) is 12.6 Å². The van der Waals surface area contributed by atoms with Crippen LogP contribution in [0, 0.1) is 5.82 Å². The van der Waals surface area contributed by atoms with Crippen LogP contribution in [0.1, 0.15) is 19.4 Å². The smallest absolute Gasteiger partial charge is 0.127 e. The van der Waals surface area contributed by atoms with Crippen molar-refractivity contribution in [2.24, 2.45) is 0 Å². The topological polar surface area (TPSA) is 12.0 Å². The van der Waals surface area contributed by atoms with Crippen LogP contribution in [0.3, 0.4) is 0 Å². The van der Waals surface area contributed by atoms with E-state index in [0.717, 1.165) is 6.54 Å². The van der Waals surface area contributed by atoms with Crippen molar-refractivity contribution in [3.05, 3.63) is 34.6 Å². The Labute approximate surface area is 89.3 Å². The van der Waals surface area contributed by atoms with Gasteiger partial charge in [0.2, 0.25) is 0 Å². The van der Waals surface area contributed by atoms with Crippen LogP contribution in [0.5, 0.6) is 0 Å². The van der Waals surface area contributed by atoms with Gasteiger partial charge in [-0.2, -0.15) is 0 Å². The Morgan fingerprint density at radius 2 is 2.21 bits per heavy atom. The normalized spacial score (nSPS) is 12.9. The van der Waals surface area contributed by atoms with Gasteiger partial charge < -0.3 is 5.32 Å². The van der Waals surface area contributed by atoms with E-state index in [2.05, 4.69) is 5.32 Å².